The molecule has 2 heterocycles. The largest absolute Gasteiger partial charge is 0.452 e. The predicted molar refractivity (Wildman–Crippen MR) is 235 cm³/mol. The van der Waals surface area contributed by atoms with Crippen LogP contribution in [0.2, 0.25) is 0 Å². The number of fused-ring (bicyclic) bond motifs is 9. The second-order valence-electron chi connectivity index (χ2n) is 15.2. The van der Waals surface area contributed by atoms with Crippen LogP contribution in [0.25, 0.3) is 65.4 Å². The number of rotatable bonds is 6. The van der Waals surface area contributed by atoms with Crippen molar-refractivity contribution in [3.63, 3.8) is 0 Å². The van der Waals surface area contributed by atoms with E-state index in [0.29, 0.717) is 45.1 Å². The number of alkyl halides is 6. The van der Waals surface area contributed by atoms with Gasteiger partial charge >= 0.3 is 12.4 Å². The molecule has 0 aliphatic heterocycles. The van der Waals surface area contributed by atoms with Crippen molar-refractivity contribution in [2.24, 2.45) is 0 Å². The summed E-state index contributed by atoms with van der Waals surface area (Å²) in [6.07, 6.45) is -9.15. The number of halogens is 6. The quantitative estimate of drug-likeness (QED) is 0.156. The maximum atomic E-state index is 14.3. The summed E-state index contributed by atoms with van der Waals surface area (Å²) in [7, 11) is 0. The third kappa shape index (κ3) is 6.17. The molecule has 0 aliphatic carbocycles. The molecular formula is C52H30F6N2O2. The van der Waals surface area contributed by atoms with Crippen molar-refractivity contribution < 1.29 is 35.2 Å². The third-order valence-corrected chi connectivity index (χ3v) is 11.4. The smallest absolute Gasteiger partial charge is 0.418 e. The predicted octanol–water partition coefficient (Wildman–Crippen LogP) is 16.8. The first-order chi connectivity index (χ1) is 30.0. The van der Waals surface area contributed by atoms with Gasteiger partial charge in [0.05, 0.1) is 22.5 Å². The van der Waals surface area contributed by atoms with Crippen LogP contribution < -0.4 is 9.80 Å². The molecule has 11 aromatic rings. The summed E-state index contributed by atoms with van der Waals surface area (Å²) in [6.45, 7) is 0. The normalized spacial score (nSPS) is 12.4. The van der Waals surface area contributed by atoms with Crippen molar-refractivity contribution in [3.8, 4) is 0 Å². The number of furan rings is 2. The molecule has 4 nitrogen and oxygen atoms in total. The number of para-hydroxylation sites is 4. The Morgan fingerprint density at radius 1 is 0.323 bits per heavy atom. The molecule has 0 atom stereocenters. The molecule has 0 bridgehead atoms. The molecule has 0 N–H and O–H groups in total. The SMILES string of the molecule is FC(F)(F)c1ccccc1N(c1ccccc1)c1ccc2cc3c(cc2c1)oc1c3ccc2c3cc4ccc(N(c5ccccc5)c5ccccc5C(F)(F)F)cc4cc3oc21. The van der Waals surface area contributed by atoms with Gasteiger partial charge in [-0.25, -0.2) is 0 Å². The molecular weight excluding hydrogens is 799 g/mol. The van der Waals surface area contributed by atoms with Crippen LogP contribution in [-0.2, 0) is 12.4 Å². The zero-order valence-electron chi connectivity index (χ0n) is 32.3. The van der Waals surface area contributed by atoms with Crippen LogP contribution in [0.4, 0.5) is 60.5 Å². The van der Waals surface area contributed by atoms with Crippen LogP contribution in [-0.4, -0.2) is 0 Å². The van der Waals surface area contributed by atoms with Gasteiger partial charge < -0.3 is 18.6 Å². The van der Waals surface area contributed by atoms with Gasteiger partial charge in [-0.05, 0) is 131 Å². The van der Waals surface area contributed by atoms with E-state index in [1.54, 1.807) is 70.5 Å². The van der Waals surface area contributed by atoms with Crippen LogP contribution in [0.1, 0.15) is 11.1 Å². The van der Waals surface area contributed by atoms with E-state index in [1.807, 2.05) is 84.9 Å². The van der Waals surface area contributed by atoms with Crippen LogP contribution in [0.15, 0.2) is 191 Å². The molecule has 0 radical (unpaired) electrons. The third-order valence-electron chi connectivity index (χ3n) is 11.4. The van der Waals surface area contributed by atoms with Gasteiger partial charge in [-0.15, -0.1) is 0 Å². The molecule has 0 amide bonds. The summed E-state index contributed by atoms with van der Waals surface area (Å²) >= 11 is 0. The van der Waals surface area contributed by atoms with Gasteiger partial charge in [0.1, 0.15) is 11.2 Å². The fourth-order valence-electron chi connectivity index (χ4n) is 8.63. The molecule has 0 aliphatic rings. The average molecular weight is 829 g/mol. The molecule has 11 rings (SSSR count). The average Bonchev–Trinajstić information content (AvgIpc) is 3.82. The second-order valence-corrected chi connectivity index (χ2v) is 15.2. The summed E-state index contributed by atoms with van der Waals surface area (Å²) in [5.41, 5.74) is 2.99. The Labute approximate surface area is 349 Å². The summed E-state index contributed by atoms with van der Waals surface area (Å²) in [4.78, 5) is 3.22. The molecule has 0 saturated heterocycles. The van der Waals surface area contributed by atoms with Crippen molar-refractivity contribution >= 4 is 99.5 Å². The Morgan fingerprint density at radius 2 is 0.710 bits per heavy atom. The van der Waals surface area contributed by atoms with E-state index in [9.17, 15) is 26.3 Å². The van der Waals surface area contributed by atoms with Crippen LogP contribution in [0.3, 0.4) is 0 Å². The molecule has 10 heteroatoms. The molecule has 0 spiro atoms. The number of hydrogen-bond donors (Lipinski definition) is 0. The lowest BCUT2D eigenvalue weighted by Gasteiger charge is -2.28. The molecule has 0 saturated carbocycles. The van der Waals surface area contributed by atoms with E-state index < -0.39 is 23.5 Å². The lowest BCUT2D eigenvalue weighted by molar-refractivity contribution is -0.137. The Kier molecular flexibility index (Phi) is 8.37. The van der Waals surface area contributed by atoms with Crippen molar-refractivity contribution in [2.45, 2.75) is 12.4 Å². The Bertz CT molecular complexity index is 3290. The topological polar surface area (TPSA) is 32.8 Å². The number of benzene rings is 9. The first kappa shape index (κ1) is 37.3. The summed E-state index contributed by atoms with van der Waals surface area (Å²) in [5, 5.41) is 6.63. The van der Waals surface area contributed by atoms with E-state index in [4.69, 9.17) is 8.83 Å². The highest BCUT2D eigenvalue weighted by atomic mass is 19.4. The summed E-state index contributed by atoms with van der Waals surface area (Å²) < 4.78 is 99.2. The van der Waals surface area contributed by atoms with Crippen LogP contribution >= 0.6 is 0 Å². The highest BCUT2D eigenvalue weighted by molar-refractivity contribution is 6.21. The highest BCUT2D eigenvalue weighted by Crippen LogP contribution is 2.47. The van der Waals surface area contributed by atoms with E-state index in [2.05, 4.69) is 0 Å². The summed E-state index contributed by atoms with van der Waals surface area (Å²) in [6, 6.07) is 51.9. The minimum absolute atomic E-state index is 0.00633. The number of nitrogens with zero attached hydrogens (tertiary/aromatic N) is 2. The van der Waals surface area contributed by atoms with Crippen molar-refractivity contribution in [2.75, 3.05) is 9.80 Å². The Morgan fingerprint density at radius 3 is 1.11 bits per heavy atom. The zero-order valence-corrected chi connectivity index (χ0v) is 32.3. The van der Waals surface area contributed by atoms with Crippen molar-refractivity contribution in [1.29, 1.82) is 0 Å². The minimum atomic E-state index is -4.57. The lowest BCUT2D eigenvalue weighted by atomic mass is 10.0. The van der Waals surface area contributed by atoms with Gasteiger partial charge in [0.15, 0.2) is 11.2 Å². The van der Waals surface area contributed by atoms with Gasteiger partial charge in [0.2, 0.25) is 0 Å². The first-order valence-electron chi connectivity index (χ1n) is 19.7. The molecule has 0 unspecified atom stereocenters. The van der Waals surface area contributed by atoms with Gasteiger partial charge in [0.25, 0.3) is 0 Å². The van der Waals surface area contributed by atoms with Gasteiger partial charge in [-0.3, -0.25) is 0 Å². The van der Waals surface area contributed by atoms with Crippen molar-refractivity contribution in [1.82, 2.24) is 0 Å². The first-order valence-corrected chi connectivity index (χ1v) is 19.7. The molecule has 0 fully saturated rings. The van der Waals surface area contributed by atoms with E-state index in [1.165, 1.54) is 24.3 Å². The van der Waals surface area contributed by atoms with Crippen LogP contribution in [0, 0.1) is 0 Å². The maximum Gasteiger partial charge on any atom is 0.418 e. The zero-order chi connectivity index (χ0) is 42.3. The number of hydrogen-bond acceptors (Lipinski definition) is 4. The second kappa shape index (κ2) is 13.9. The van der Waals surface area contributed by atoms with E-state index in [-0.39, 0.29) is 11.4 Å². The Hall–Kier alpha value is -7.72. The monoisotopic (exact) mass is 828 g/mol. The van der Waals surface area contributed by atoms with E-state index in [0.717, 1.165) is 55.2 Å². The summed E-state index contributed by atoms with van der Waals surface area (Å²) in [5.74, 6) is 0. The van der Waals surface area contributed by atoms with Crippen molar-refractivity contribution in [3.05, 3.63) is 193 Å². The van der Waals surface area contributed by atoms with Gasteiger partial charge in [0, 0.05) is 44.3 Å². The molecule has 62 heavy (non-hydrogen) atoms. The Balaban J connectivity index is 1.03. The molecule has 2 aromatic heterocycles. The van der Waals surface area contributed by atoms with E-state index >= 15 is 0 Å². The standard InChI is InChI=1S/C52H30F6N2O2/c53-51(54,55)43-15-7-9-17-45(43)59(35-11-3-1-4-12-35)37-21-19-31-27-41-39-23-24-40-42-28-32-20-22-38(26-34(32)30-48(42)62-50(40)49(39)61-47(41)29-33(31)25-37)60(36-13-5-2-6-14-36)46-18-10-8-16-44(46)52(56,57)58/h1-30H. The number of anilines is 6. The lowest BCUT2D eigenvalue weighted by Crippen LogP contribution is -2.16. The fourth-order valence-corrected chi connectivity index (χ4v) is 8.63. The van der Waals surface area contributed by atoms with Crippen LogP contribution in [0.5, 0.6) is 0 Å². The maximum absolute atomic E-state index is 14.3. The molecule has 9 aromatic carbocycles. The highest BCUT2D eigenvalue weighted by Gasteiger charge is 2.36. The fraction of sp³-hybridized carbons (Fsp3) is 0.0385. The van der Waals surface area contributed by atoms with Gasteiger partial charge in [-0.2, -0.15) is 26.3 Å². The van der Waals surface area contributed by atoms with Gasteiger partial charge in [-0.1, -0.05) is 72.8 Å². The molecule has 302 valence electrons. The minimum Gasteiger partial charge on any atom is -0.452 e.